The van der Waals surface area contributed by atoms with Crippen molar-refractivity contribution in [1.82, 2.24) is 10.2 Å². The Morgan fingerprint density at radius 2 is 1.76 bits per heavy atom. The van der Waals surface area contributed by atoms with Crippen molar-refractivity contribution in [3.05, 3.63) is 95.1 Å². The first-order valence-corrected chi connectivity index (χ1v) is 9.25. The van der Waals surface area contributed by atoms with Gasteiger partial charge >= 0.3 is 0 Å². The smallest absolute Gasteiger partial charge is 0.247 e. The molecule has 0 saturated carbocycles. The normalized spacial score (nSPS) is 11.8. The molecule has 1 aromatic heterocycles. The first-order valence-electron chi connectivity index (χ1n) is 8.88. The van der Waals surface area contributed by atoms with Crippen molar-refractivity contribution in [1.29, 1.82) is 0 Å². The van der Waals surface area contributed by atoms with Crippen LogP contribution in [-0.4, -0.2) is 17.3 Å². The lowest BCUT2D eigenvalue weighted by atomic mass is 10.1. The van der Waals surface area contributed by atoms with E-state index in [0.29, 0.717) is 16.5 Å². The highest BCUT2D eigenvalue weighted by Gasteiger charge is 2.22. The summed E-state index contributed by atoms with van der Waals surface area (Å²) in [4.78, 5) is 0. The molecule has 0 radical (unpaired) electrons. The number of aromatic nitrogens is 2. The third-order valence-electron chi connectivity index (χ3n) is 4.36. The SMILES string of the molecule is COc1ccc(NC(c2ccc(Cl)cc2)c2nnc(-c3cccc(F)c3)o2)cc1. The van der Waals surface area contributed by atoms with Crippen LogP contribution in [0, 0.1) is 5.82 Å². The molecule has 1 heterocycles. The van der Waals surface area contributed by atoms with Crippen molar-refractivity contribution in [2.75, 3.05) is 12.4 Å². The fourth-order valence-corrected chi connectivity index (χ4v) is 3.01. The van der Waals surface area contributed by atoms with E-state index in [0.717, 1.165) is 17.0 Å². The van der Waals surface area contributed by atoms with Gasteiger partial charge in [-0.1, -0.05) is 29.8 Å². The van der Waals surface area contributed by atoms with Gasteiger partial charge in [-0.15, -0.1) is 10.2 Å². The van der Waals surface area contributed by atoms with E-state index in [-0.39, 0.29) is 11.7 Å². The van der Waals surface area contributed by atoms with E-state index in [9.17, 15) is 4.39 Å². The molecule has 0 fully saturated rings. The number of ether oxygens (including phenoxy) is 1. The molecule has 0 aliphatic carbocycles. The molecule has 0 aliphatic heterocycles. The lowest BCUT2D eigenvalue weighted by Gasteiger charge is -2.17. The largest absolute Gasteiger partial charge is 0.497 e. The summed E-state index contributed by atoms with van der Waals surface area (Å²) < 4.78 is 24.6. The standard InChI is InChI=1S/C22H17ClFN3O2/c1-28-19-11-9-18(10-12-19)25-20(14-5-7-16(23)8-6-14)22-27-26-21(29-22)15-3-2-4-17(24)13-15/h2-13,20,25H,1H3. The van der Waals surface area contributed by atoms with Crippen molar-refractivity contribution >= 4 is 17.3 Å². The summed E-state index contributed by atoms with van der Waals surface area (Å²) in [6, 6.07) is 20.5. The highest BCUT2D eigenvalue weighted by atomic mass is 35.5. The number of nitrogens with zero attached hydrogens (tertiary/aromatic N) is 2. The number of benzene rings is 3. The summed E-state index contributed by atoms with van der Waals surface area (Å²) in [5.41, 5.74) is 2.25. The summed E-state index contributed by atoms with van der Waals surface area (Å²) in [6.07, 6.45) is 0. The number of methoxy groups -OCH3 is 1. The summed E-state index contributed by atoms with van der Waals surface area (Å²) in [6.45, 7) is 0. The van der Waals surface area contributed by atoms with Crippen LogP contribution in [-0.2, 0) is 0 Å². The molecule has 0 saturated heterocycles. The molecule has 4 aromatic rings. The lowest BCUT2D eigenvalue weighted by Crippen LogP contribution is -2.12. The second-order valence-corrected chi connectivity index (χ2v) is 6.75. The number of halogens is 2. The Balaban J connectivity index is 1.69. The fraction of sp³-hybridized carbons (Fsp3) is 0.0909. The molecule has 3 aromatic carbocycles. The maximum absolute atomic E-state index is 13.5. The maximum atomic E-state index is 13.5. The lowest BCUT2D eigenvalue weighted by molar-refractivity contribution is 0.415. The molecule has 0 bridgehead atoms. The number of hydrogen-bond donors (Lipinski definition) is 1. The Hall–Kier alpha value is -3.38. The molecule has 1 N–H and O–H groups in total. The zero-order valence-electron chi connectivity index (χ0n) is 15.5. The third kappa shape index (κ3) is 4.38. The third-order valence-corrected chi connectivity index (χ3v) is 4.62. The second-order valence-electron chi connectivity index (χ2n) is 6.31. The quantitative estimate of drug-likeness (QED) is 0.440. The number of hydrogen-bond acceptors (Lipinski definition) is 5. The van der Waals surface area contributed by atoms with Crippen LogP contribution in [0.5, 0.6) is 5.75 Å². The van der Waals surface area contributed by atoms with Crippen LogP contribution in [0.3, 0.4) is 0 Å². The molecule has 7 heteroatoms. The van der Waals surface area contributed by atoms with Gasteiger partial charge < -0.3 is 14.5 Å². The average Bonchev–Trinajstić information content (AvgIpc) is 3.23. The summed E-state index contributed by atoms with van der Waals surface area (Å²) in [5, 5.41) is 12.3. The van der Waals surface area contributed by atoms with Crippen LogP contribution in [0.2, 0.25) is 5.02 Å². The minimum absolute atomic E-state index is 0.245. The van der Waals surface area contributed by atoms with Gasteiger partial charge in [-0.05, 0) is 60.2 Å². The molecule has 5 nitrogen and oxygen atoms in total. The average molecular weight is 410 g/mol. The zero-order valence-corrected chi connectivity index (χ0v) is 16.2. The van der Waals surface area contributed by atoms with Gasteiger partial charge in [-0.2, -0.15) is 0 Å². The topological polar surface area (TPSA) is 60.2 Å². The Morgan fingerprint density at radius 1 is 1.00 bits per heavy atom. The molecule has 0 aliphatic rings. The monoisotopic (exact) mass is 409 g/mol. The van der Waals surface area contributed by atoms with Crippen LogP contribution in [0.25, 0.3) is 11.5 Å². The molecule has 0 amide bonds. The molecule has 29 heavy (non-hydrogen) atoms. The van der Waals surface area contributed by atoms with E-state index < -0.39 is 6.04 Å². The van der Waals surface area contributed by atoms with Gasteiger partial charge in [0.25, 0.3) is 0 Å². The summed E-state index contributed by atoms with van der Waals surface area (Å²) in [5.74, 6) is 0.982. The summed E-state index contributed by atoms with van der Waals surface area (Å²) in [7, 11) is 1.62. The zero-order chi connectivity index (χ0) is 20.2. The van der Waals surface area contributed by atoms with Gasteiger partial charge in [0, 0.05) is 16.3 Å². The first kappa shape index (κ1) is 19.0. The molecule has 4 rings (SSSR count). The van der Waals surface area contributed by atoms with Gasteiger partial charge in [0.05, 0.1) is 7.11 Å². The van der Waals surface area contributed by atoms with E-state index in [1.807, 2.05) is 36.4 Å². The van der Waals surface area contributed by atoms with E-state index in [2.05, 4.69) is 15.5 Å². The minimum Gasteiger partial charge on any atom is -0.497 e. The van der Waals surface area contributed by atoms with Gasteiger partial charge in [0.1, 0.15) is 17.6 Å². The molecule has 146 valence electrons. The van der Waals surface area contributed by atoms with Gasteiger partial charge in [0.15, 0.2) is 0 Å². The molecular formula is C22H17ClFN3O2. The maximum Gasteiger partial charge on any atom is 0.247 e. The highest BCUT2D eigenvalue weighted by molar-refractivity contribution is 6.30. The van der Waals surface area contributed by atoms with Crippen LogP contribution in [0.15, 0.2) is 77.2 Å². The van der Waals surface area contributed by atoms with Crippen LogP contribution >= 0.6 is 11.6 Å². The molecular weight excluding hydrogens is 393 g/mol. The minimum atomic E-state index is -0.421. The molecule has 0 spiro atoms. The number of nitrogens with one attached hydrogen (secondary N) is 1. The van der Waals surface area contributed by atoms with Crippen LogP contribution < -0.4 is 10.1 Å². The van der Waals surface area contributed by atoms with Gasteiger partial charge in [-0.3, -0.25) is 0 Å². The van der Waals surface area contributed by atoms with Crippen molar-refractivity contribution < 1.29 is 13.5 Å². The van der Waals surface area contributed by atoms with Crippen LogP contribution in [0.4, 0.5) is 10.1 Å². The van der Waals surface area contributed by atoms with Crippen molar-refractivity contribution in [3.63, 3.8) is 0 Å². The highest BCUT2D eigenvalue weighted by Crippen LogP contribution is 2.30. The number of anilines is 1. The summed E-state index contributed by atoms with van der Waals surface area (Å²) >= 11 is 6.03. The Morgan fingerprint density at radius 3 is 2.45 bits per heavy atom. The van der Waals surface area contributed by atoms with E-state index in [1.54, 1.807) is 31.4 Å². The van der Waals surface area contributed by atoms with Crippen molar-refractivity contribution in [2.24, 2.45) is 0 Å². The molecule has 1 unspecified atom stereocenters. The van der Waals surface area contributed by atoms with E-state index in [1.165, 1.54) is 12.1 Å². The molecule has 1 atom stereocenters. The van der Waals surface area contributed by atoms with E-state index >= 15 is 0 Å². The Kier molecular flexibility index (Phi) is 5.44. The van der Waals surface area contributed by atoms with Gasteiger partial charge in [0.2, 0.25) is 11.8 Å². The predicted molar refractivity (Wildman–Crippen MR) is 110 cm³/mol. The number of rotatable bonds is 6. The van der Waals surface area contributed by atoms with Gasteiger partial charge in [-0.25, -0.2) is 4.39 Å². The van der Waals surface area contributed by atoms with Crippen molar-refractivity contribution in [3.8, 4) is 17.2 Å². The Bertz CT molecular complexity index is 1100. The first-order chi connectivity index (χ1) is 14.1. The Labute approximate surface area is 172 Å². The van der Waals surface area contributed by atoms with Crippen molar-refractivity contribution in [2.45, 2.75) is 6.04 Å². The fourth-order valence-electron chi connectivity index (χ4n) is 2.89. The van der Waals surface area contributed by atoms with E-state index in [4.69, 9.17) is 20.8 Å². The second kappa shape index (κ2) is 8.32. The predicted octanol–water partition coefficient (Wildman–Crippen LogP) is 5.74. The van der Waals surface area contributed by atoms with Crippen LogP contribution in [0.1, 0.15) is 17.5 Å².